The second-order valence-electron chi connectivity index (χ2n) is 4.31. The molecule has 3 nitrogen and oxygen atoms in total. The highest BCUT2D eigenvalue weighted by molar-refractivity contribution is 4.77. The molecule has 1 unspecified atom stereocenters. The van der Waals surface area contributed by atoms with E-state index in [2.05, 4.69) is 25.7 Å². The van der Waals surface area contributed by atoms with Crippen molar-refractivity contribution in [2.75, 3.05) is 32.8 Å². The van der Waals surface area contributed by atoms with Gasteiger partial charge in [0.05, 0.1) is 0 Å². The quantitative estimate of drug-likeness (QED) is 0.619. The highest BCUT2D eigenvalue weighted by Gasteiger charge is 2.22. The maximum atomic E-state index is 8.77. The van der Waals surface area contributed by atoms with Gasteiger partial charge < -0.3 is 15.7 Å². The van der Waals surface area contributed by atoms with Gasteiger partial charge in [-0.2, -0.15) is 0 Å². The Balaban J connectivity index is 4.00. The summed E-state index contributed by atoms with van der Waals surface area (Å²) in [5.74, 6) is 0. The molecular formula is C11H26N2O. The van der Waals surface area contributed by atoms with E-state index in [1.165, 1.54) is 0 Å². The highest BCUT2D eigenvalue weighted by atomic mass is 16.3. The van der Waals surface area contributed by atoms with Gasteiger partial charge in [-0.3, -0.25) is 0 Å². The van der Waals surface area contributed by atoms with Crippen LogP contribution in [0.25, 0.3) is 0 Å². The van der Waals surface area contributed by atoms with Crippen molar-refractivity contribution in [1.29, 1.82) is 0 Å². The summed E-state index contributed by atoms with van der Waals surface area (Å²) in [5.41, 5.74) is 6.00. The van der Waals surface area contributed by atoms with Crippen molar-refractivity contribution in [2.24, 2.45) is 11.1 Å². The van der Waals surface area contributed by atoms with E-state index in [1.54, 1.807) is 0 Å². The van der Waals surface area contributed by atoms with E-state index in [0.717, 1.165) is 39.0 Å². The molecule has 0 spiro atoms. The Hall–Kier alpha value is -0.120. The topological polar surface area (TPSA) is 49.5 Å². The predicted octanol–water partition coefficient (Wildman–Crippen LogP) is 1.07. The minimum Gasteiger partial charge on any atom is -0.396 e. The molecule has 0 rings (SSSR count). The van der Waals surface area contributed by atoms with Crippen LogP contribution in [0, 0.1) is 5.41 Å². The van der Waals surface area contributed by atoms with E-state index in [0.29, 0.717) is 0 Å². The first-order valence-corrected chi connectivity index (χ1v) is 5.65. The molecule has 0 bridgehead atoms. The Morgan fingerprint density at radius 2 is 2.00 bits per heavy atom. The Labute approximate surface area is 88.3 Å². The van der Waals surface area contributed by atoms with E-state index in [9.17, 15) is 0 Å². The van der Waals surface area contributed by atoms with Crippen LogP contribution in [-0.4, -0.2) is 42.8 Å². The third-order valence-electron chi connectivity index (χ3n) is 3.03. The Morgan fingerprint density at radius 1 is 1.36 bits per heavy atom. The lowest BCUT2D eigenvalue weighted by Crippen LogP contribution is -2.40. The molecule has 0 amide bonds. The van der Waals surface area contributed by atoms with Crippen molar-refractivity contribution in [3.63, 3.8) is 0 Å². The zero-order chi connectivity index (χ0) is 11.0. The molecule has 86 valence electrons. The number of rotatable bonds is 8. The molecule has 14 heavy (non-hydrogen) atoms. The summed E-state index contributed by atoms with van der Waals surface area (Å²) in [5, 5.41) is 8.77. The summed E-state index contributed by atoms with van der Waals surface area (Å²) in [7, 11) is 0. The molecule has 3 N–H and O–H groups in total. The molecule has 0 heterocycles. The summed E-state index contributed by atoms with van der Waals surface area (Å²) < 4.78 is 0. The molecule has 0 aliphatic heterocycles. The van der Waals surface area contributed by atoms with Gasteiger partial charge in [0.1, 0.15) is 0 Å². The van der Waals surface area contributed by atoms with Crippen molar-refractivity contribution in [3.8, 4) is 0 Å². The third kappa shape index (κ3) is 4.94. The summed E-state index contributed by atoms with van der Waals surface area (Å²) in [6.45, 7) is 10.6. The average molecular weight is 202 g/mol. The highest BCUT2D eigenvalue weighted by Crippen LogP contribution is 2.20. The molecule has 0 aromatic heterocycles. The lowest BCUT2D eigenvalue weighted by molar-refractivity contribution is 0.157. The van der Waals surface area contributed by atoms with Gasteiger partial charge in [-0.25, -0.2) is 0 Å². The van der Waals surface area contributed by atoms with Gasteiger partial charge in [0.15, 0.2) is 0 Å². The van der Waals surface area contributed by atoms with E-state index < -0.39 is 0 Å². The van der Waals surface area contributed by atoms with Gasteiger partial charge in [0, 0.05) is 19.7 Å². The molecule has 0 fully saturated rings. The van der Waals surface area contributed by atoms with E-state index in [1.807, 2.05) is 0 Å². The largest absolute Gasteiger partial charge is 0.396 e. The van der Waals surface area contributed by atoms with Gasteiger partial charge in [-0.1, -0.05) is 20.8 Å². The zero-order valence-electron chi connectivity index (χ0n) is 9.92. The molecule has 0 aliphatic rings. The fourth-order valence-electron chi connectivity index (χ4n) is 1.50. The van der Waals surface area contributed by atoms with Crippen molar-refractivity contribution in [1.82, 2.24) is 4.90 Å². The van der Waals surface area contributed by atoms with Crippen LogP contribution in [0.15, 0.2) is 0 Å². The smallest absolute Gasteiger partial charge is 0.0443 e. The minimum absolute atomic E-state index is 0.228. The van der Waals surface area contributed by atoms with Crippen LogP contribution in [0.5, 0.6) is 0 Å². The molecule has 0 aromatic carbocycles. The molecule has 0 aliphatic carbocycles. The molecule has 0 aromatic rings. The molecule has 0 saturated carbocycles. The van der Waals surface area contributed by atoms with Crippen LogP contribution in [0.1, 0.15) is 33.6 Å². The Kier molecular flexibility index (Phi) is 7.15. The Bertz CT molecular complexity index is 135. The fourth-order valence-corrected chi connectivity index (χ4v) is 1.50. The number of nitrogens with zero attached hydrogens (tertiary/aromatic N) is 1. The van der Waals surface area contributed by atoms with Gasteiger partial charge in [-0.05, 0) is 31.3 Å². The van der Waals surface area contributed by atoms with Gasteiger partial charge in [0.25, 0.3) is 0 Å². The number of hydrogen-bond acceptors (Lipinski definition) is 3. The Morgan fingerprint density at radius 3 is 2.36 bits per heavy atom. The standard InChI is InChI=1S/C11H26N2O/c1-4-11(3,9-12)10-13(5-2)7-6-8-14/h14H,4-10,12H2,1-3H3. The van der Waals surface area contributed by atoms with Crippen LogP contribution in [0.2, 0.25) is 0 Å². The van der Waals surface area contributed by atoms with Crippen molar-refractivity contribution < 1.29 is 5.11 Å². The first-order chi connectivity index (χ1) is 6.61. The average Bonchev–Trinajstić information content (AvgIpc) is 2.23. The lowest BCUT2D eigenvalue weighted by Gasteiger charge is -2.33. The van der Waals surface area contributed by atoms with Crippen molar-refractivity contribution >= 4 is 0 Å². The fraction of sp³-hybridized carbons (Fsp3) is 1.00. The molecule has 3 heteroatoms. The predicted molar refractivity (Wildman–Crippen MR) is 61.3 cm³/mol. The number of aliphatic hydroxyl groups is 1. The summed E-state index contributed by atoms with van der Waals surface area (Å²) >= 11 is 0. The normalized spacial score (nSPS) is 15.9. The van der Waals surface area contributed by atoms with Crippen LogP contribution in [0.4, 0.5) is 0 Å². The molecule has 1 atom stereocenters. The van der Waals surface area contributed by atoms with Crippen molar-refractivity contribution in [3.05, 3.63) is 0 Å². The second kappa shape index (κ2) is 7.21. The van der Waals surface area contributed by atoms with Gasteiger partial charge in [0.2, 0.25) is 0 Å². The van der Waals surface area contributed by atoms with E-state index in [4.69, 9.17) is 10.8 Å². The van der Waals surface area contributed by atoms with Gasteiger partial charge in [-0.15, -0.1) is 0 Å². The maximum absolute atomic E-state index is 8.77. The van der Waals surface area contributed by atoms with Gasteiger partial charge >= 0.3 is 0 Å². The van der Waals surface area contributed by atoms with Crippen LogP contribution in [-0.2, 0) is 0 Å². The molecule has 0 radical (unpaired) electrons. The number of nitrogens with two attached hydrogens (primary N) is 1. The minimum atomic E-state index is 0.228. The SMILES string of the molecule is CCN(CCCO)CC(C)(CC)CN. The molecular weight excluding hydrogens is 176 g/mol. The summed E-state index contributed by atoms with van der Waals surface area (Å²) in [4.78, 5) is 2.37. The molecule has 0 saturated heterocycles. The van der Waals surface area contributed by atoms with E-state index in [-0.39, 0.29) is 12.0 Å². The second-order valence-corrected chi connectivity index (χ2v) is 4.31. The summed E-state index contributed by atoms with van der Waals surface area (Å²) in [6.07, 6.45) is 1.97. The maximum Gasteiger partial charge on any atom is 0.0443 e. The number of hydrogen-bond donors (Lipinski definition) is 2. The zero-order valence-corrected chi connectivity index (χ0v) is 9.92. The first-order valence-electron chi connectivity index (χ1n) is 5.65. The lowest BCUT2D eigenvalue weighted by atomic mass is 9.87. The third-order valence-corrected chi connectivity index (χ3v) is 3.03. The van der Waals surface area contributed by atoms with E-state index >= 15 is 0 Å². The first kappa shape index (κ1) is 13.9. The number of aliphatic hydroxyl groups excluding tert-OH is 1. The summed E-state index contributed by atoms with van der Waals surface area (Å²) in [6, 6.07) is 0. The monoisotopic (exact) mass is 202 g/mol. The van der Waals surface area contributed by atoms with Crippen LogP contribution in [0.3, 0.4) is 0 Å². The van der Waals surface area contributed by atoms with Crippen LogP contribution < -0.4 is 5.73 Å². The van der Waals surface area contributed by atoms with Crippen molar-refractivity contribution in [2.45, 2.75) is 33.6 Å². The van der Waals surface area contributed by atoms with Crippen LogP contribution >= 0.6 is 0 Å².